The van der Waals surface area contributed by atoms with Crippen LogP contribution in [0.15, 0.2) is 30.7 Å². The molecule has 0 aliphatic rings. The van der Waals surface area contributed by atoms with Gasteiger partial charge >= 0.3 is 11.9 Å². The SMILES string of the molecule is COC(=O)c1ccc(Cn2cc(C(=O)O)cn2)cn1. The Bertz CT molecular complexity index is 604. The Morgan fingerprint density at radius 1 is 1.37 bits per heavy atom. The molecule has 2 rings (SSSR count). The number of carboxylic acids is 1. The molecule has 0 spiro atoms. The van der Waals surface area contributed by atoms with Gasteiger partial charge in [0.05, 0.1) is 25.4 Å². The molecule has 0 saturated heterocycles. The van der Waals surface area contributed by atoms with Gasteiger partial charge in [-0.05, 0) is 11.6 Å². The molecule has 1 N–H and O–H groups in total. The standard InChI is InChI=1S/C12H11N3O4/c1-19-12(18)10-3-2-8(4-13-10)6-15-7-9(5-14-15)11(16)17/h2-5,7H,6H2,1H3,(H,16,17). The summed E-state index contributed by atoms with van der Waals surface area (Å²) in [6, 6.07) is 3.25. The Balaban J connectivity index is 2.10. The van der Waals surface area contributed by atoms with E-state index in [1.165, 1.54) is 30.4 Å². The molecule has 0 amide bonds. The predicted molar refractivity (Wildman–Crippen MR) is 63.9 cm³/mol. The number of nitrogens with zero attached hydrogens (tertiary/aromatic N) is 3. The van der Waals surface area contributed by atoms with Crippen molar-refractivity contribution in [3.63, 3.8) is 0 Å². The summed E-state index contributed by atoms with van der Waals surface area (Å²) < 4.78 is 6.02. The van der Waals surface area contributed by atoms with E-state index in [1.54, 1.807) is 12.1 Å². The van der Waals surface area contributed by atoms with Gasteiger partial charge in [0.1, 0.15) is 5.69 Å². The average Bonchev–Trinajstić information content (AvgIpc) is 2.87. The summed E-state index contributed by atoms with van der Waals surface area (Å²) in [5.74, 6) is -1.52. The Hall–Kier alpha value is -2.70. The van der Waals surface area contributed by atoms with Crippen LogP contribution in [0.3, 0.4) is 0 Å². The van der Waals surface area contributed by atoms with E-state index >= 15 is 0 Å². The van der Waals surface area contributed by atoms with Crippen LogP contribution in [0.5, 0.6) is 0 Å². The fourth-order valence-electron chi connectivity index (χ4n) is 1.49. The van der Waals surface area contributed by atoms with Crippen LogP contribution < -0.4 is 0 Å². The summed E-state index contributed by atoms with van der Waals surface area (Å²) in [6.07, 6.45) is 4.23. The van der Waals surface area contributed by atoms with E-state index in [9.17, 15) is 9.59 Å². The van der Waals surface area contributed by atoms with Crippen molar-refractivity contribution in [3.8, 4) is 0 Å². The lowest BCUT2D eigenvalue weighted by atomic mass is 10.2. The number of pyridine rings is 1. The first kappa shape index (κ1) is 12.7. The molecule has 0 aliphatic carbocycles. The van der Waals surface area contributed by atoms with Crippen molar-refractivity contribution in [1.82, 2.24) is 14.8 Å². The van der Waals surface area contributed by atoms with Crippen LogP contribution in [0.2, 0.25) is 0 Å². The molecule has 0 bridgehead atoms. The zero-order valence-electron chi connectivity index (χ0n) is 10.1. The number of rotatable bonds is 4. The Labute approximate surface area is 108 Å². The molecule has 0 aliphatic heterocycles. The molecule has 0 aromatic carbocycles. The number of carboxylic acid groups (broad SMARTS) is 1. The lowest BCUT2D eigenvalue weighted by Crippen LogP contribution is -2.06. The maximum atomic E-state index is 11.2. The number of carbonyl (C=O) groups is 2. The molecule has 2 aromatic heterocycles. The first-order chi connectivity index (χ1) is 9.10. The molecule has 0 atom stereocenters. The van der Waals surface area contributed by atoms with Gasteiger partial charge in [0.25, 0.3) is 0 Å². The van der Waals surface area contributed by atoms with Crippen LogP contribution in [-0.2, 0) is 11.3 Å². The number of hydrogen-bond donors (Lipinski definition) is 1. The zero-order valence-corrected chi connectivity index (χ0v) is 10.1. The third-order valence-electron chi connectivity index (χ3n) is 2.44. The van der Waals surface area contributed by atoms with Gasteiger partial charge in [-0.1, -0.05) is 6.07 Å². The quantitative estimate of drug-likeness (QED) is 0.818. The summed E-state index contributed by atoms with van der Waals surface area (Å²) in [5.41, 5.74) is 1.14. The second kappa shape index (κ2) is 5.30. The van der Waals surface area contributed by atoms with Gasteiger partial charge in [-0.3, -0.25) is 4.68 Å². The largest absolute Gasteiger partial charge is 0.478 e. The number of aromatic carboxylic acids is 1. The number of hydrogen-bond acceptors (Lipinski definition) is 5. The molecule has 0 fully saturated rings. The van der Waals surface area contributed by atoms with Gasteiger partial charge in [0.15, 0.2) is 0 Å². The van der Waals surface area contributed by atoms with Crippen molar-refractivity contribution >= 4 is 11.9 Å². The first-order valence-corrected chi connectivity index (χ1v) is 5.39. The van der Waals surface area contributed by atoms with Crippen molar-refractivity contribution in [2.24, 2.45) is 0 Å². The van der Waals surface area contributed by atoms with E-state index < -0.39 is 11.9 Å². The Kier molecular flexibility index (Phi) is 3.56. The number of aromatic nitrogens is 3. The van der Waals surface area contributed by atoms with Gasteiger partial charge in [-0.15, -0.1) is 0 Å². The second-order valence-electron chi connectivity index (χ2n) is 3.78. The van der Waals surface area contributed by atoms with Gasteiger partial charge in [0.2, 0.25) is 0 Å². The fraction of sp³-hybridized carbons (Fsp3) is 0.167. The highest BCUT2D eigenvalue weighted by molar-refractivity contribution is 5.87. The van der Waals surface area contributed by atoms with Crippen LogP contribution in [0.4, 0.5) is 0 Å². The average molecular weight is 261 g/mol. The van der Waals surface area contributed by atoms with Crippen LogP contribution in [0.25, 0.3) is 0 Å². The second-order valence-corrected chi connectivity index (χ2v) is 3.78. The van der Waals surface area contributed by atoms with Gasteiger partial charge in [0, 0.05) is 12.4 Å². The molecular formula is C12H11N3O4. The summed E-state index contributed by atoms with van der Waals surface area (Å²) in [7, 11) is 1.29. The number of esters is 1. The van der Waals surface area contributed by atoms with Crippen molar-refractivity contribution < 1.29 is 19.4 Å². The minimum atomic E-state index is -1.02. The lowest BCUT2D eigenvalue weighted by Gasteiger charge is -2.02. The number of carbonyl (C=O) groups excluding carboxylic acids is 1. The minimum Gasteiger partial charge on any atom is -0.478 e. The Morgan fingerprint density at radius 3 is 2.68 bits per heavy atom. The first-order valence-electron chi connectivity index (χ1n) is 5.39. The van der Waals surface area contributed by atoms with Gasteiger partial charge in [-0.2, -0.15) is 5.10 Å². The van der Waals surface area contributed by atoms with Crippen LogP contribution in [0.1, 0.15) is 26.4 Å². The Morgan fingerprint density at radius 2 is 2.16 bits per heavy atom. The molecule has 0 saturated carbocycles. The van der Waals surface area contributed by atoms with Crippen LogP contribution >= 0.6 is 0 Å². The van der Waals surface area contributed by atoms with E-state index in [0.29, 0.717) is 6.54 Å². The predicted octanol–water partition coefficient (Wildman–Crippen LogP) is 0.811. The van der Waals surface area contributed by atoms with E-state index in [2.05, 4.69) is 14.8 Å². The third kappa shape index (κ3) is 2.95. The fourth-order valence-corrected chi connectivity index (χ4v) is 1.49. The molecule has 98 valence electrons. The summed E-state index contributed by atoms with van der Waals surface area (Å²) in [5, 5.41) is 12.7. The molecule has 7 heteroatoms. The smallest absolute Gasteiger partial charge is 0.356 e. The minimum absolute atomic E-state index is 0.124. The van der Waals surface area contributed by atoms with Gasteiger partial charge < -0.3 is 9.84 Å². The van der Waals surface area contributed by atoms with E-state index in [-0.39, 0.29) is 11.3 Å². The molecule has 7 nitrogen and oxygen atoms in total. The highest BCUT2D eigenvalue weighted by Crippen LogP contribution is 2.05. The maximum Gasteiger partial charge on any atom is 0.356 e. The third-order valence-corrected chi connectivity index (χ3v) is 2.44. The zero-order chi connectivity index (χ0) is 13.8. The van der Waals surface area contributed by atoms with Crippen molar-refractivity contribution in [2.75, 3.05) is 7.11 Å². The summed E-state index contributed by atoms with van der Waals surface area (Å²) >= 11 is 0. The van der Waals surface area contributed by atoms with E-state index in [4.69, 9.17) is 5.11 Å². The molecule has 19 heavy (non-hydrogen) atoms. The molecule has 2 heterocycles. The molecular weight excluding hydrogens is 250 g/mol. The van der Waals surface area contributed by atoms with Crippen LogP contribution in [0, 0.1) is 0 Å². The van der Waals surface area contributed by atoms with Crippen molar-refractivity contribution in [2.45, 2.75) is 6.54 Å². The van der Waals surface area contributed by atoms with E-state index in [1.807, 2.05) is 0 Å². The molecule has 0 unspecified atom stereocenters. The van der Waals surface area contributed by atoms with Gasteiger partial charge in [-0.25, -0.2) is 14.6 Å². The topological polar surface area (TPSA) is 94.3 Å². The molecule has 0 radical (unpaired) electrons. The lowest BCUT2D eigenvalue weighted by molar-refractivity contribution is 0.0593. The van der Waals surface area contributed by atoms with Crippen LogP contribution in [-0.4, -0.2) is 38.9 Å². The van der Waals surface area contributed by atoms with Crippen molar-refractivity contribution in [1.29, 1.82) is 0 Å². The monoisotopic (exact) mass is 261 g/mol. The highest BCUT2D eigenvalue weighted by Gasteiger charge is 2.08. The number of methoxy groups -OCH3 is 1. The summed E-state index contributed by atoms with van der Waals surface area (Å²) in [4.78, 5) is 25.9. The van der Waals surface area contributed by atoms with Crippen molar-refractivity contribution in [3.05, 3.63) is 47.5 Å². The normalized spacial score (nSPS) is 10.2. The highest BCUT2D eigenvalue weighted by atomic mass is 16.5. The molecule has 2 aromatic rings. The van der Waals surface area contributed by atoms with E-state index in [0.717, 1.165) is 5.56 Å². The summed E-state index contributed by atoms with van der Waals surface area (Å²) in [6.45, 7) is 0.377. The maximum absolute atomic E-state index is 11.2. The number of ether oxygens (including phenoxy) is 1.